The summed E-state index contributed by atoms with van der Waals surface area (Å²) in [5, 5.41) is 29.4. The van der Waals surface area contributed by atoms with Crippen LogP contribution in [0.25, 0.3) is 11.0 Å². The third kappa shape index (κ3) is 2.18. The summed E-state index contributed by atoms with van der Waals surface area (Å²) < 4.78 is 5.80. The van der Waals surface area contributed by atoms with E-state index in [9.17, 15) is 10.4 Å². The third-order valence-corrected chi connectivity index (χ3v) is 2.39. The fourth-order valence-electron chi connectivity index (χ4n) is 1.50. The van der Waals surface area contributed by atoms with Crippen molar-refractivity contribution in [1.82, 2.24) is 10.4 Å². The Kier molecular flexibility index (Phi) is 3.28. The number of likely N-dealkylation sites (N-methyl/N-ethyl adjacent to an activating group) is 1. The molecule has 0 radical (unpaired) electrons. The van der Waals surface area contributed by atoms with Crippen molar-refractivity contribution < 1.29 is 14.3 Å². The van der Waals surface area contributed by atoms with Gasteiger partial charge in [-0.1, -0.05) is 0 Å². The van der Waals surface area contributed by atoms with Crippen LogP contribution >= 0.6 is 0 Å². The smallest absolute Gasteiger partial charge is 0.458 e. The lowest BCUT2D eigenvalue weighted by Crippen LogP contribution is -2.44. The molecule has 96 valence electrons. The number of anilines is 1. The van der Waals surface area contributed by atoms with E-state index in [4.69, 9.17) is 10.5 Å². The van der Waals surface area contributed by atoms with E-state index in [2.05, 4.69) is 10.4 Å². The number of nitrogens with zero attached hydrogens (tertiary/aromatic N) is 3. The summed E-state index contributed by atoms with van der Waals surface area (Å²) in [4.78, 5) is 0.316. The standard InChI is InChI=1S/C10H13N5O3/c1-12-4-5-18-7-2-3-8-9(6-7)14(16)10(11)13-15(8)17/h2-3,6,12H,4-5H2,1H3,(H2,11,13). The lowest BCUT2D eigenvalue weighted by atomic mass is 10.3. The van der Waals surface area contributed by atoms with Gasteiger partial charge in [-0.3, -0.25) is 5.73 Å². The number of hydrogen-bond acceptors (Lipinski definition) is 6. The van der Waals surface area contributed by atoms with Crippen molar-refractivity contribution >= 4 is 17.0 Å². The maximum atomic E-state index is 11.7. The molecule has 0 spiro atoms. The van der Waals surface area contributed by atoms with Crippen LogP contribution in [0.5, 0.6) is 5.75 Å². The highest BCUT2D eigenvalue weighted by Gasteiger charge is 2.17. The normalized spacial score (nSPS) is 10.7. The minimum absolute atomic E-state index is 0.124. The zero-order valence-corrected chi connectivity index (χ0v) is 9.79. The van der Waals surface area contributed by atoms with Crippen LogP contribution in [0.15, 0.2) is 18.2 Å². The Morgan fingerprint density at radius 2 is 2.17 bits per heavy atom. The molecule has 2 aromatic rings. The maximum Gasteiger partial charge on any atom is 0.458 e. The van der Waals surface area contributed by atoms with Gasteiger partial charge in [0.1, 0.15) is 12.4 Å². The summed E-state index contributed by atoms with van der Waals surface area (Å²) in [6.07, 6.45) is 0. The minimum atomic E-state index is -0.398. The Morgan fingerprint density at radius 1 is 1.39 bits per heavy atom. The monoisotopic (exact) mass is 251 g/mol. The number of rotatable bonds is 4. The first-order chi connectivity index (χ1) is 8.63. The molecule has 1 aromatic carbocycles. The van der Waals surface area contributed by atoms with Crippen LogP contribution in [0.3, 0.4) is 0 Å². The molecule has 0 aliphatic rings. The van der Waals surface area contributed by atoms with E-state index < -0.39 is 5.95 Å². The van der Waals surface area contributed by atoms with Gasteiger partial charge in [0.05, 0.1) is 0 Å². The Labute approximate surface area is 103 Å². The molecule has 0 unspecified atom stereocenters. The highest BCUT2D eigenvalue weighted by atomic mass is 16.5. The number of ether oxygens (including phenoxy) is 1. The molecule has 2 rings (SSSR count). The molecular weight excluding hydrogens is 238 g/mol. The predicted octanol–water partition coefficient (Wildman–Crippen LogP) is -1.32. The number of nitrogens with two attached hydrogens (primary N) is 1. The highest BCUT2D eigenvalue weighted by molar-refractivity contribution is 5.69. The molecule has 0 fully saturated rings. The lowest BCUT2D eigenvalue weighted by molar-refractivity contribution is -0.672. The van der Waals surface area contributed by atoms with Crippen molar-refractivity contribution in [2.24, 2.45) is 0 Å². The molecule has 0 bridgehead atoms. The quantitative estimate of drug-likeness (QED) is 0.396. The molecule has 1 heterocycles. The van der Waals surface area contributed by atoms with Crippen molar-refractivity contribution in [3.05, 3.63) is 28.6 Å². The molecule has 0 aliphatic carbocycles. The highest BCUT2D eigenvalue weighted by Crippen LogP contribution is 2.15. The Hall–Kier alpha value is -2.35. The number of benzene rings is 1. The van der Waals surface area contributed by atoms with E-state index in [1.807, 2.05) is 7.05 Å². The molecule has 1 aromatic heterocycles. The van der Waals surface area contributed by atoms with Gasteiger partial charge < -0.3 is 20.5 Å². The summed E-state index contributed by atoms with van der Waals surface area (Å²) in [5.41, 5.74) is 5.59. The van der Waals surface area contributed by atoms with Crippen molar-refractivity contribution in [3.8, 4) is 5.75 Å². The molecule has 0 aliphatic heterocycles. The first-order valence-electron chi connectivity index (χ1n) is 5.33. The van der Waals surface area contributed by atoms with E-state index in [0.29, 0.717) is 28.5 Å². The number of hydrogen-bond donors (Lipinski definition) is 2. The molecule has 8 nitrogen and oxygen atoms in total. The molecule has 0 amide bonds. The second-order valence-electron chi connectivity index (χ2n) is 3.63. The summed E-state index contributed by atoms with van der Waals surface area (Å²) in [6.45, 7) is 1.13. The van der Waals surface area contributed by atoms with Crippen LogP contribution in [0.2, 0.25) is 0 Å². The largest absolute Gasteiger partial charge is 0.739 e. The first kappa shape index (κ1) is 12.1. The Bertz CT molecular complexity index is 575. The van der Waals surface area contributed by atoms with Crippen LogP contribution in [0, 0.1) is 10.4 Å². The molecular formula is C10H13N5O3. The van der Waals surface area contributed by atoms with Crippen molar-refractivity contribution in [1.29, 1.82) is 0 Å². The molecule has 8 heteroatoms. The second kappa shape index (κ2) is 4.88. The Morgan fingerprint density at radius 3 is 2.89 bits per heavy atom. The van der Waals surface area contributed by atoms with Gasteiger partial charge in [-0.05, 0) is 13.1 Å². The summed E-state index contributed by atoms with van der Waals surface area (Å²) in [7, 11) is 1.81. The van der Waals surface area contributed by atoms with Gasteiger partial charge in [0, 0.05) is 23.5 Å². The summed E-state index contributed by atoms with van der Waals surface area (Å²) in [6, 6.07) is 4.53. The number of aromatic nitrogens is 3. The van der Waals surface area contributed by atoms with Gasteiger partial charge in [0.25, 0.3) is 5.52 Å². The lowest BCUT2D eigenvalue weighted by Gasteiger charge is -2.09. The second-order valence-corrected chi connectivity index (χ2v) is 3.63. The zero-order chi connectivity index (χ0) is 13.1. The van der Waals surface area contributed by atoms with Crippen molar-refractivity contribution in [3.63, 3.8) is 0 Å². The molecule has 3 N–H and O–H groups in total. The van der Waals surface area contributed by atoms with E-state index in [0.717, 1.165) is 0 Å². The first-order valence-corrected chi connectivity index (χ1v) is 5.33. The third-order valence-electron chi connectivity index (χ3n) is 2.39. The van der Waals surface area contributed by atoms with E-state index in [1.165, 1.54) is 12.1 Å². The average molecular weight is 251 g/mol. The van der Waals surface area contributed by atoms with Gasteiger partial charge >= 0.3 is 5.95 Å². The fourth-order valence-corrected chi connectivity index (χ4v) is 1.50. The van der Waals surface area contributed by atoms with E-state index in [1.54, 1.807) is 6.07 Å². The van der Waals surface area contributed by atoms with Gasteiger partial charge in [-0.15, -0.1) is 0 Å². The Balaban J connectivity index is 2.40. The van der Waals surface area contributed by atoms with E-state index >= 15 is 0 Å². The van der Waals surface area contributed by atoms with Crippen LogP contribution in [0.4, 0.5) is 5.95 Å². The van der Waals surface area contributed by atoms with Crippen LogP contribution in [0.1, 0.15) is 0 Å². The number of nitrogens with one attached hydrogen (secondary N) is 1. The number of nitrogen functional groups attached to an aromatic ring is 1. The SMILES string of the molecule is CNCCOc1ccc2c(c1)[n+]([O-])c(N)n[n+]2[O-]. The number of fused-ring (bicyclic) bond motifs is 1. The van der Waals surface area contributed by atoms with Crippen LogP contribution in [-0.4, -0.2) is 25.3 Å². The van der Waals surface area contributed by atoms with Crippen LogP contribution in [-0.2, 0) is 0 Å². The predicted molar refractivity (Wildman–Crippen MR) is 63.5 cm³/mol. The van der Waals surface area contributed by atoms with Crippen molar-refractivity contribution in [2.45, 2.75) is 0 Å². The van der Waals surface area contributed by atoms with Gasteiger partial charge in [-0.25, -0.2) is 4.73 Å². The topological polar surface area (TPSA) is 114 Å². The molecule has 0 saturated heterocycles. The minimum Gasteiger partial charge on any atom is -0.739 e. The maximum absolute atomic E-state index is 11.7. The zero-order valence-electron chi connectivity index (χ0n) is 9.79. The summed E-state index contributed by atoms with van der Waals surface area (Å²) >= 11 is 0. The van der Waals surface area contributed by atoms with Gasteiger partial charge in [0.15, 0.2) is 5.52 Å². The van der Waals surface area contributed by atoms with Crippen LogP contribution < -0.4 is 25.4 Å². The van der Waals surface area contributed by atoms with E-state index in [-0.39, 0.29) is 11.0 Å². The molecule has 0 saturated carbocycles. The average Bonchev–Trinajstić information content (AvgIpc) is 2.36. The molecule has 0 atom stereocenters. The van der Waals surface area contributed by atoms with Gasteiger partial charge in [0.2, 0.25) is 5.10 Å². The fraction of sp³-hybridized carbons (Fsp3) is 0.300. The van der Waals surface area contributed by atoms with Crippen molar-refractivity contribution in [2.75, 3.05) is 25.9 Å². The van der Waals surface area contributed by atoms with Gasteiger partial charge in [-0.2, -0.15) is 0 Å². The summed E-state index contributed by atoms with van der Waals surface area (Å²) in [5.74, 6) is 0.0952. The molecule has 18 heavy (non-hydrogen) atoms.